The van der Waals surface area contributed by atoms with Crippen molar-refractivity contribution in [1.82, 2.24) is 9.88 Å². The molecule has 0 bridgehead atoms. The monoisotopic (exact) mass is 532 g/mol. The first-order valence-corrected chi connectivity index (χ1v) is 13.4. The number of hydrogen-bond acceptors (Lipinski definition) is 6. The summed E-state index contributed by atoms with van der Waals surface area (Å²) in [7, 11) is 1.61. The molecule has 2 saturated heterocycles. The lowest BCUT2D eigenvalue weighted by molar-refractivity contribution is -0.174. The highest BCUT2D eigenvalue weighted by Crippen LogP contribution is 2.47. The highest BCUT2D eigenvalue weighted by Gasteiger charge is 2.47. The van der Waals surface area contributed by atoms with Crippen LogP contribution in [0, 0.1) is 17.0 Å². The number of nitrogens with zero attached hydrogens (tertiary/aromatic N) is 2. The number of carbonyl (C=O) groups is 1. The molecular weight excluding hydrogens is 506 g/mol. The summed E-state index contributed by atoms with van der Waals surface area (Å²) in [5.41, 5.74) is 1.07. The van der Waals surface area contributed by atoms with E-state index in [1.807, 2.05) is 18.2 Å². The van der Waals surface area contributed by atoms with E-state index in [-0.39, 0.29) is 5.97 Å². The van der Waals surface area contributed by atoms with Crippen LogP contribution in [0.3, 0.4) is 0 Å². The second-order valence-electron chi connectivity index (χ2n) is 9.38. The van der Waals surface area contributed by atoms with Crippen molar-refractivity contribution in [3.8, 4) is 5.75 Å². The number of fused-ring (bicyclic) bond motifs is 1. The molecule has 190 valence electrons. The molecule has 3 aromatic rings. The minimum atomic E-state index is -0.484. The fraction of sp³-hybridized carbons (Fsp3) is 0.407. The van der Waals surface area contributed by atoms with Gasteiger partial charge in [0.1, 0.15) is 23.5 Å². The summed E-state index contributed by atoms with van der Waals surface area (Å²) >= 11 is 7.85. The SMILES string of the molecule is COc1ccc2ncc(Cl)c(C3CCC4(CCN(CCSc5cc(F)ccc5F)CC4)C(=O)O3)c2c1. The van der Waals surface area contributed by atoms with E-state index in [9.17, 15) is 13.6 Å². The second-order valence-corrected chi connectivity index (χ2v) is 10.9. The van der Waals surface area contributed by atoms with Crippen molar-refractivity contribution in [1.29, 1.82) is 0 Å². The van der Waals surface area contributed by atoms with Crippen molar-refractivity contribution >= 4 is 40.2 Å². The number of ether oxygens (including phenoxy) is 2. The minimum Gasteiger partial charge on any atom is -0.497 e. The van der Waals surface area contributed by atoms with Gasteiger partial charge in [-0.25, -0.2) is 8.78 Å². The molecule has 1 aromatic heterocycles. The predicted molar refractivity (Wildman–Crippen MR) is 137 cm³/mol. The van der Waals surface area contributed by atoms with Gasteiger partial charge in [-0.2, -0.15) is 0 Å². The topological polar surface area (TPSA) is 51.7 Å². The van der Waals surface area contributed by atoms with Crippen LogP contribution in [0.5, 0.6) is 5.75 Å². The van der Waals surface area contributed by atoms with Crippen LogP contribution in [0.1, 0.15) is 37.4 Å². The average Bonchev–Trinajstić information content (AvgIpc) is 2.88. The van der Waals surface area contributed by atoms with E-state index >= 15 is 0 Å². The Morgan fingerprint density at radius 1 is 1.19 bits per heavy atom. The number of pyridine rings is 1. The Kier molecular flexibility index (Phi) is 7.37. The first-order chi connectivity index (χ1) is 17.4. The maximum atomic E-state index is 13.8. The molecule has 3 heterocycles. The maximum absolute atomic E-state index is 13.8. The van der Waals surface area contributed by atoms with Crippen LogP contribution < -0.4 is 4.74 Å². The van der Waals surface area contributed by atoms with Crippen molar-refractivity contribution in [3.63, 3.8) is 0 Å². The molecule has 1 spiro atoms. The lowest BCUT2D eigenvalue weighted by atomic mass is 9.72. The zero-order chi connectivity index (χ0) is 25.3. The molecule has 1 atom stereocenters. The first-order valence-electron chi connectivity index (χ1n) is 12.0. The van der Waals surface area contributed by atoms with E-state index in [4.69, 9.17) is 21.1 Å². The fourth-order valence-electron chi connectivity index (χ4n) is 5.18. The largest absolute Gasteiger partial charge is 0.497 e. The van der Waals surface area contributed by atoms with Gasteiger partial charge in [-0.3, -0.25) is 9.78 Å². The van der Waals surface area contributed by atoms with Crippen molar-refractivity contribution in [2.45, 2.75) is 36.7 Å². The summed E-state index contributed by atoms with van der Waals surface area (Å²) in [6.07, 6.45) is 4.04. The molecule has 2 aliphatic rings. The van der Waals surface area contributed by atoms with E-state index in [0.29, 0.717) is 27.8 Å². The molecule has 0 amide bonds. The van der Waals surface area contributed by atoms with E-state index in [2.05, 4.69) is 9.88 Å². The van der Waals surface area contributed by atoms with Crippen molar-refractivity contribution in [3.05, 3.63) is 64.8 Å². The first kappa shape index (κ1) is 25.2. The van der Waals surface area contributed by atoms with Crippen molar-refractivity contribution in [2.75, 3.05) is 32.5 Å². The lowest BCUT2D eigenvalue weighted by Crippen LogP contribution is -2.48. The van der Waals surface area contributed by atoms with Crippen LogP contribution in [-0.4, -0.2) is 48.4 Å². The summed E-state index contributed by atoms with van der Waals surface area (Å²) < 4.78 is 38.6. The number of cyclic esters (lactones) is 1. The summed E-state index contributed by atoms with van der Waals surface area (Å²) in [6.45, 7) is 2.28. The zero-order valence-electron chi connectivity index (χ0n) is 19.9. The van der Waals surface area contributed by atoms with Crippen LogP contribution in [0.4, 0.5) is 8.78 Å². The quantitative estimate of drug-likeness (QED) is 0.269. The number of carbonyl (C=O) groups excluding carboxylic acids is 1. The van der Waals surface area contributed by atoms with Crippen molar-refractivity contribution < 1.29 is 23.0 Å². The van der Waals surface area contributed by atoms with Crippen LogP contribution in [0.25, 0.3) is 10.9 Å². The standard InChI is InChI=1S/C27H27ClF2N2O3S/c1-34-18-3-5-22-19(15-18)25(20(28)16-31-22)23-6-7-27(26(33)35-23)8-10-32(11-9-27)12-13-36-24-14-17(29)2-4-21(24)30/h2-5,14-16,23H,6-13H2,1H3. The van der Waals surface area contributed by atoms with Gasteiger partial charge in [0.2, 0.25) is 0 Å². The lowest BCUT2D eigenvalue weighted by Gasteiger charge is -2.44. The molecule has 9 heteroatoms. The number of hydrogen-bond donors (Lipinski definition) is 0. The average molecular weight is 533 g/mol. The number of likely N-dealkylation sites (tertiary alicyclic amines) is 1. The Hall–Kier alpha value is -2.42. The molecular formula is C27H27ClF2N2O3S. The molecule has 0 saturated carbocycles. The smallest absolute Gasteiger partial charge is 0.312 e. The third kappa shape index (κ3) is 5.04. The van der Waals surface area contributed by atoms with Crippen LogP contribution in [0.2, 0.25) is 5.02 Å². The zero-order valence-corrected chi connectivity index (χ0v) is 21.5. The molecule has 0 aliphatic carbocycles. The molecule has 1 unspecified atom stereocenters. The Labute approximate surface area is 218 Å². The number of rotatable bonds is 6. The number of aromatic nitrogens is 1. The third-order valence-electron chi connectivity index (χ3n) is 7.33. The van der Waals surface area contributed by atoms with Crippen LogP contribution >= 0.6 is 23.4 Å². The summed E-state index contributed by atoms with van der Waals surface area (Å²) in [6, 6.07) is 9.11. The second kappa shape index (κ2) is 10.5. The molecule has 0 N–H and O–H groups in total. The normalized spacial score (nSPS) is 20.0. The Morgan fingerprint density at radius 3 is 2.75 bits per heavy atom. The summed E-state index contributed by atoms with van der Waals surface area (Å²) in [5.74, 6) is 0.333. The van der Waals surface area contributed by atoms with E-state index in [1.165, 1.54) is 17.8 Å². The van der Waals surface area contributed by atoms with Gasteiger partial charge in [0.05, 0.1) is 23.1 Å². The Bertz CT molecular complexity index is 1280. The van der Waals surface area contributed by atoms with Gasteiger partial charge in [-0.1, -0.05) is 11.6 Å². The van der Waals surface area contributed by atoms with Crippen LogP contribution in [-0.2, 0) is 9.53 Å². The molecule has 5 rings (SSSR count). The third-order valence-corrected chi connectivity index (χ3v) is 8.64. The van der Waals surface area contributed by atoms with E-state index in [1.54, 1.807) is 13.3 Å². The van der Waals surface area contributed by atoms with E-state index in [0.717, 1.165) is 67.5 Å². The Balaban J connectivity index is 1.20. The number of thioether (sulfide) groups is 1. The number of methoxy groups -OCH3 is 1. The molecule has 2 fully saturated rings. The van der Waals surface area contributed by atoms with Gasteiger partial charge >= 0.3 is 5.97 Å². The van der Waals surface area contributed by atoms with Gasteiger partial charge in [0.15, 0.2) is 0 Å². The highest BCUT2D eigenvalue weighted by molar-refractivity contribution is 7.99. The summed E-state index contributed by atoms with van der Waals surface area (Å²) in [4.78, 5) is 20.3. The number of benzene rings is 2. The molecule has 2 aliphatic heterocycles. The van der Waals surface area contributed by atoms with Gasteiger partial charge in [0.25, 0.3) is 0 Å². The summed E-state index contributed by atoms with van der Waals surface area (Å²) in [5, 5.41) is 1.31. The van der Waals surface area contributed by atoms with Gasteiger partial charge in [-0.05, 0) is 75.2 Å². The fourth-order valence-corrected chi connectivity index (χ4v) is 6.42. The number of piperidine rings is 1. The van der Waals surface area contributed by atoms with E-state index < -0.39 is 23.2 Å². The van der Waals surface area contributed by atoms with Crippen LogP contribution in [0.15, 0.2) is 47.5 Å². The number of halogens is 3. The number of esters is 1. The molecule has 0 radical (unpaired) electrons. The van der Waals surface area contributed by atoms with Crippen molar-refractivity contribution in [2.24, 2.45) is 5.41 Å². The van der Waals surface area contributed by atoms with Gasteiger partial charge < -0.3 is 14.4 Å². The molecule has 36 heavy (non-hydrogen) atoms. The molecule has 2 aromatic carbocycles. The Morgan fingerprint density at radius 2 is 2.00 bits per heavy atom. The maximum Gasteiger partial charge on any atom is 0.312 e. The van der Waals surface area contributed by atoms with Gasteiger partial charge in [-0.15, -0.1) is 11.8 Å². The predicted octanol–water partition coefficient (Wildman–Crippen LogP) is 6.43. The van der Waals surface area contributed by atoms with Gasteiger partial charge in [0, 0.05) is 34.3 Å². The highest BCUT2D eigenvalue weighted by atomic mass is 35.5. The minimum absolute atomic E-state index is 0.168. The molecule has 5 nitrogen and oxygen atoms in total.